The quantitative estimate of drug-likeness (QED) is 0.926. The molecule has 2 rings (SSSR count). The lowest BCUT2D eigenvalue weighted by molar-refractivity contribution is 0.196. The average molecular weight is 324 g/mol. The monoisotopic (exact) mass is 324 g/mol. The van der Waals surface area contributed by atoms with Gasteiger partial charge in [0.25, 0.3) is 0 Å². The van der Waals surface area contributed by atoms with Gasteiger partial charge in [0.2, 0.25) is 0 Å². The van der Waals surface area contributed by atoms with Crippen molar-refractivity contribution in [2.24, 2.45) is 0 Å². The first kappa shape index (κ1) is 16.8. The number of benzene rings is 1. The maximum absolute atomic E-state index is 12.5. The lowest BCUT2D eigenvalue weighted by Crippen LogP contribution is -2.42. The second-order valence-electron chi connectivity index (χ2n) is 5.45. The van der Waals surface area contributed by atoms with Crippen molar-refractivity contribution in [2.45, 2.75) is 32.7 Å². The predicted molar refractivity (Wildman–Crippen MR) is 89.9 cm³/mol. The molecule has 1 fully saturated rings. The van der Waals surface area contributed by atoms with Gasteiger partial charge in [-0.3, -0.25) is 4.21 Å². The molecule has 0 aromatic heterocycles. The van der Waals surface area contributed by atoms with E-state index < -0.39 is 10.8 Å². The van der Waals surface area contributed by atoms with Gasteiger partial charge in [-0.1, -0.05) is 19.1 Å². The van der Waals surface area contributed by atoms with Crippen LogP contribution in [0.2, 0.25) is 0 Å². The minimum absolute atomic E-state index is 0.0928. The van der Waals surface area contributed by atoms with Crippen molar-refractivity contribution in [1.29, 1.82) is 0 Å². The van der Waals surface area contributed by atoms with Crippen LogP contribution in [0, 0.1) is 0 Å². The SMILES string of the molecule is CCCOc1ccccc1NC(=O)N1CC[S@](=O)CC[C@H]1C. The van der Waals surface area contributed by atoms with Crippen LogP contribution >= 0.6 is 0 Å². The van der Waals surface area contributed by atoms with Gasteiger partial charge in [0.15, 0.2) is 0 Å². The molecule has 0 radical (unpaired) electrons. The summed E-state index contributed by atoms with van der Waals surface area (Å²) in [5, 5.41) is 2.93. The first-order valence-electron chi connectivity index (χ1n) is 7.76. The summed E-state index contributed by atoms with van der Waals surface area (Å²) in [7, 11) is -0.817. The van der Waals surface area contributed by atoms with Crippen LogP contribution < -0.4 is 10.1 Å². The van der Waals surface area contributed by atoms with E-state index in [4.69, 9.17) is 4.74 Å². The van der Waals surface area contributed by atoms with Crippen molar-refractivity contribution in [3.05, 3.63) is 24.3 Å². The van der Waals surface area contributed by atoms with Crippen LogP contribution in [0.1, 0.15) is 26.7 Å². The number of anilines is 1. The largest absolute Gasteiger partial charge is 0.491 e. The maximum atomic E-state index is 12.5. The zero-order valence-corrected chi connectivity index (χ0v) is 14.0. The van der Waals surface area contributed by atoms with Gasteiger partial charge in [0, 0.05) is 34.9 Å². The Morgan fingerprint density at radius 1 is 1.41 bits per heavy atom. The number of amides is 2. The average Bonchev–Trinajstić information content (AvgIpc) is 2.68. The number of nitrogens with zero attached hydrogens (tertiary/aromatic N) is 1. The Morgan fingerprint density at radius 3 is 2.95 bits per heavy atom. The molecular formula is C16H24N2O3S. The number of carbonyl (C=O) groups excluding carboxylic acids is 1. The normalized spacial score (nSPS) is 22.0. The Labute approximate surface area is 134 Å². The summed E-state index contributed by atoms with van der Waals surface area (Å²) in [6.07, 6.45) is 1.69. The Hall–Kier alpha value is -1.56. The molecule has 0 saturated carbocycles. The molecular weight excluding hydrogens is 300 g/mol. The summed E-state index contributed by atoms with van der Waals surface area (Å²) in [4.78, 5) is 14.3. The fourth-order valence-corrected chi connectivity index (χ4v) is 3.59. The topological polar surface area (TPSA) is 58.6 Å². The van der Waals surface area contributed by atoms with Gasteiger partial charge in [-0.15, -0.1) is 0 Å². The van der Waals surface area contributed by atoms with Gasteiger partial charge in [0.1, 0.15) is 5.75 Å². The number of hydrogen-bond donors (Lipinski definition) is 1. The van der Waals surface area contributed by atoms with Crippen molar-refractivity contribution >= 4 is 22.5 Å². The van der Waals surface area contributed by atoms with Gasteiger partial charge in [0.05, 0.1) is 12.3 Å². The van der Waals surface area contributed by atoms with Gasteiger partial charge in [-0.25, -0.2) is 4.79 Å². The van der Waals surface area contributed by atoms with Crippen LogP contribution in [0.15, 0.2) is 24.3 Å². The van der Waals surface area contributed by atoms with E-state index in [1.807, 2.05) is 38.1 Å². The molecule has 1 N–H and O–H groups in total. The Kier molecular flexibility index (Phi) is 6.24. The molecule has 5 nitrogen and oxygen atoms in total. The summed E-state index contributed by atoms with van der Waals surface area (Å²) in [6, 6.07) is 7.39. The molecule has 1 aromatic carbocycles. The second-order valence-corrected chi connectivity index (χ2v) is 7.15. The number of carbonyl (C=O) groups is 1. The molecule has 1 saturated heterocycles. The van der Waals surface area contributed by atoms with Crippen molar-refractivity contribution < 1.29 is 13.7 Å². The van der Waals surface area contributed by atoms with Crippen LogP contribution in [0.4, 0.5) is 10.5 Å². The van der Waals surface area contributed by atoms with Crippen LogP contribution in [0.5, 0.6) is 5.75 Å². The molecule has 2 atom stereocenters. The molecule has 1 aliphatic heterocycles. The van der Waals surface area contributed by atoms with E-state index in [1.165, 1.54) is 0 Å². The third-order valence-electron chi connectivity index (χ3n) is 3.71. The molecule has 122 valence electrons. The van der Waals surface area contributed by atoms with Crippen molar-refractivity contribution in [2.75, 3.05) is 30.0 Å². The molecule has 0 aliphatic carbocycles. The summed E-state index contributed by atoms with van der Waals surface area (Å²) in [5.41, 5.74) is 0.679. The predicted octanol–water partition coefficient (Wildman–Crippen LogP) is 2.85. The van der Waals surface area contributed by atoms with Crippen LogP contribution in [0.25, 0.3) is 0 Å². The zero-order valence-electron chi connectivity index (χ0n) is 13.2. The summed E-state index contributed by atoms with van der Waals surface area (Å²) in [6.45, 7) is 5.19. The molecule has 0 bridgehead atoms. The minimum atomic E-state index is -0.817. The third kappa shape index (κ3) is 4.47. The molecule has 22 heavy (non-hydrogen) atoms. The van der Waals surface area contributed by atoms with E-state index in [-0.39, 0.29) is 12.1 Å². The maximum Gasteiger partial charge on any atom is 0.322 e. The van der Waals surface area contributed by atoms with Gasteiger partial charge < -0.3 is 15.0 Å². The van der Waals surface area contributed by atoms with Crippen molar-refractivity contribution in [3.8, 4) is 5.75 Å². The summed E-state index contributed by atoms with van der Waals surface area (Å²) >= 11 is 0. The minimum Gasteiger partial charge on any atom is -0.491 e. The highest BCUT2D eigenvalue weighted by atomic mass is 32.2. The van der Waals surface area contributed by atoms with Gasteiger partial charge in [-0.05, 0) is 31.9 Å². The van der Waals surface area contributed by atoms with Gasteiger partial charge >= 0.3 is 6.03 Å². The highest BCUT2D eigenvalue weighted by Gasteiger charge is 2.24. The second kappa shape index (κ2) is 8.17. The van der Waals surface area contributed by atoms with Crippen molar-refractivity contribution in [1.82, 2.24) is 4.90 Å². The third-order valence-corrected chi connectivity index (χ3v) is 5.04. The van der Waals surface area contributed by atoms with E-state index in [2.05, 4.69) is 5.32 Å². The fraction of sp³-hybridized carbons (Fsp3) is 0.562. The molecule has 1 aromatic rings. The molecule has 0 unspecified atom stereocenters. The highest BCUT2D eigenvalue weighted by molar-refractivity contribution is 7.85. The molecule has 1 heterocycles. The van der Waals surface area contributed by atoms with Gasteiger partial charge in [-0.2, -0.15) is 0 Å². The van der Waals surface area contributed by atoms with Crippen LogP contribution in [-0.2, 0) is 10.8 Å². The first-order valence-corrected chi connectivity index (χ1v) is 9.25. The molecule has 1 aliphatic rings. The molecule has 2 amide bonds. The number of urea groups is 1. The van der Waals surface area contributed by atoms with E-state index in [1.54, 1.807) is 4.90 Å². The van der Waals surface area contributed by atoms with Crippen LogP contribution in [-0.4, -0.2) is 45.8 Å². The fourth-order valence-electron chi connectivity index (χ4n) is 2.38. The van der Waals surface area contributed by atoms with E-state index >= 15 is 0 Å². The first-order chi connectivity index (χ1) is 10.6. The number of nitrogens with one attached hydrogen (secondary N) is 1. The lowest BCUT2D eigenvalue weighted by Gasteiger charge is -2.27. The summed E-state index contributed by atoms with van der Waals surface area (Å²) < 4.78 is 17.3. The highest BCUT2D eigenvalue weighted by Crippen LogP contribution is 2.25. The van der Waals surface area contributed by atoms with E-state index in [9.17, 15) is 9.00 Å². The Balaban J connectivity index is 2.06. The number of ether oxygens (including phenoxy) is 1. The summed E-state index contributed by atoms with van der Waals surface area (Å²) in [5.74, 6) is 1.90. The van der Waals surface area contributed by atoms with Crippen molar-refractivity contribution in [3.63, 3.8) is 0 Å². The van der Waals surface area contributed by atoms with Crippen LogP contribution in [0.3, 0.4) is 0 Å². The zero-order chi connectivity index (χ0) is 15.9. The van der Waals surface area contributed by atoms with E-state index in [0.29, 0.717) is 36.1 Å². The molecule has 0 spiro atoms. The standard InChI is InChI=1S/C16H24N2O3S/c1-3-10-21-15-7-5-4-6-14(15)17-16(19)18-9-12-22(20)11-8-13(18)2/h4-7,13H,3,8-12H2,1-2H3,(H,17,19)/t13-,22-/m1/s1. The smallest absolute Gasteiger partial charge is 0.322 e. The molecule has 6 heteroatoms. The Bertz CT molecular complexity index is 536. The van der Waals surface area contributed by atoms with E-state index in [0.717, 1.165) is 12.8 Å². The number of hydrogen-bond acceptors (Lipinski definition) is 3. The lowest BCUT2D eigenvalue weighted by atomic mass is 10.2. The number of rotatable bonds is 4. The Morgan fingerprint density at radius 2 is 2.18 bits per heavy atom. The number of para-hydroxylation sites is 2.